The largest absolute Gasteiger partial charge is 0.435 e. The smallest absolute Gasteiger partial charge is 0.228 e. The van der Waals surface area contributed by atoms with Gasteiger partial charge in [0.05, 0.1) is 5.56 Å². The Morgan fingerprint density at radius 2 is 0.900 bits per heavy atom. The summed E-state index contributed by atoms with van der Waals surface area (Å²) in [7, 11) is 0. The molecule has 0 bridgehead atoms. The second kappa shape index (κ2) is 18.4. The number of benzene rings is 7. The topological polar surface area (TPSA) is 107 Å². The lowest BCUT2D eigenvalue weighted by Crippen LogP contribution is -1.92. The number of halogens is 1. The third-order valence-electron chi connectivity index (χ3n) is 9.67. The maximum Gasteiger partial charge on any atom is 0.228 e. The predicted molar refractivity (Wildman–Crippen MR) is 242 cm³/mol. The fourth-order valence-corrected chi connectivity index (χ4v) is 7.32. The normalized spacial score (nSPS) is 10.7. The van der Waals surface area contributed by atoms with E-state index in [0.29, 0.717) is 24.0 Å². The first-order valence-electron chi connectivity index (χ1n) is 19.1. The van der Waals surface area contributed by atoms with Crippen molar-refractivity contribution in [2.75, 3.05) is 0 Å². The number of hydrogen-bond acceptors (Lipinski definition) is 7. The molecule has 0 spiro atoms. The van der Waals surface area contributed by atoms with Gasteiger partial charge in [-0.1, -0.05) is 189 Å². The first kappa shape index (κ1) is 39.3. The van der Waals surface area contributed by atoms with Crippen LogP contribution in [0.4, 0.5) is 0 Å². The van der Waals surface area contributed by atoms with Crippen LogP contribution in [0.5, 0.6) is 0 Å². The van der Waals surface area contributed by atoms with E-state index < -0.39 is 0 Å². The van der Waals surface area contributed by atoms with Crippen LogP contribution in [0.15, 0.2) is 207 Å². The van der Waals surface area contributed by atoms with Gasteiger partial charge in [0.25, 0.3) is 0 Å². The number of aromatic amines is 1. The van der Waals surface area contributed by atoms with E-state index in [1.807, 2.05) is 152 Å². The molecule has 0 aliphatic carbocycles. The highest BCUT2D eigenvalue weighted by Crippen LogP contribution is 2.40. The van der Waals surface area contributed by atoms with Crippen LogP contribution in [0.25, 0.3) is 79.2 Å². The number of nitrogens with zero attached hydrogens (tertiary/aromatic N) is 5. The van der Waals surface area contributed by atoms with Crippen LogP contribution in [0.3, 0.4) is 0 Å². The van der Waals surface area contributed by atoms with Crippen LogP contribution >= 0.6 is 15.9 Å². The van der Waals surface area contributed by atoms with Crippen LogP contribution in [-0.4, -0.2) is 30.6 Å². The Hall–Kier alpha value is -7.49. The lowest BCUT2D eigenvalue weighted by molar-refractivity contribution is 0.588. The molecule has 0 saturated carbocycles. The molecule has 3 heterocycles. The van der Waals surface area contributed by atoms with Crippen molar-refractivity contribution in [2.45, 2.75) is 13.8 Å². The highest BCUT2D eigenvalue weighted by atomic mass is 79.9. The summed E-state index contributed by atoms with van der Waals surface area (Å²) in [6.07, 6.45) is 0.599. The molecule has 292 valence electrons. The Balaban J connectivity index is 0.000000175. The predicted octanol–water partition coefficient (Wildman–Crippen LogP) is 13.5. The van der Waals surface area contributed by atoms with Crippen molar-refractivity contribution in [3.05, 3.63) is 210 Å². The quantitative estimate of drug-likeness (QED) is 0.154. The summed E-state index contributed by atoms with van der Waals surface area (Å²) >= 11 is 3.58. The zero-order valence-corrected chi connectivity index (χ0v) is 33.2. The average Bonchev–Trinajstić information content (AvgIpc) is 4.10. The molecule has 10 aromatic rings. The molecule has 1 N–H and O–H groups in total. The first-order chi connectivity index (χ1) is 29.2. The van der Waals surface area contributed by atoms with Crippen LogP contribution < -0.4 is 0 Å². The van der Waals surface area contributed by atoms with Crippen molar-refractivity contribution in [1.82, 2.24) is 30.6 Å². The highest BCUT2D eigenvalue weighted by Gasteiger charge is 2.21. The molecule has 0 radical (unpaired) electrons. The monoisotopic (exact) mass is 846 g/mol. The summed E-state index contributed by atoms with van der Waals surface area (Å²) in [6, 6.07) is 65.0. The van der Waals surface area contributed by atoms with Gasteiger partial charge in [-0.2, -0.15) is 5.21 Å². The fraction of sp³-hybridized carbons (Fsp3) is 0.0392. The zero-order valence-electron chi connectivity index (χ0n) is 31.6. The van der Waals surface area contributed by atoms with E-state index in [4.69, 9.17) is 18.8 Å². The van der Waals surface area contributed by atoms with Gasteiger partial charge in [0.2, 0.25) is 11.8 Å². The fourth-order valence-electron chi connectivity index (χ4n) is 6.87. The Morgan fingerprint density at radius 1 is 0.450 bits per heavy atom. The van der Waals surface area contributed by atoms with Gasteiger partial charge in [0.15, 0.2) is 17.3 Å². The highest BCUT2D eigenvalue weighted by molar-refractivity contribution is 9.10. The number of oxazole rings is 2. The van der Waals surface area contributed by atoms with Gasteiger partial charge < -0.3 is 8.83 Å². The third kappa shape index (κ3) is 8.67. The zero-order chi connectivity index (χ0) is 39.8. The number of H-pyrrole nitrogens is 1. The van der Waals surface area contributed by atoms with Crippen molar-refractivity contribution in [3.63, 3.8) is 0 Å². The molecule has 0 aliphatic rings. The standard InChI is InChI=1S/C29H21N5O.C21H14BrNO.CH4/c1-3-11-21(12-4-1)27-28(22-13-5-2-6-14-22)35-29(30-27)25-17-8-7-16-24(25)23-15-9-10-20(18-23)19-26-31-33-34-32-26;22-18-14-8-7-13-17(18)21-23-19(15-9-3-1-4-10-15)20(24-21)16-11-5-2-6-12-16;/h1-18H,19H2,(H,31,32,33,34);1-14H;1H4. The van der Waals surface area contributed by atoms with Crippen molar-refractivity contribution < 1.29 is 8.83 Å². The molecule has 60 heavy (non-hydrogen) atoms. The molecule has 7 aromatic carbocycles. The Labute approximate surface area is 356 Å². The van der Waals surface area contributed by atoms with Crippen LogP contribution in [-0.2, 0) is 6.42 Å². The van der Waals surface area contributed by atoms with Crippen molar-refractivity contribution in [2.24, 2.45) is 0 Å². The van der Waals surface area contributed by atoms with Crippen LogP contribution in [0.2, 0.25) is 0 Å². The van der Waals surface area contributed by atoms with Crippen molar-refractivity contribution in [3.8, 4) is 79.2 Å². The van der Waals surface area contributed by atoms with Gasteiger partial charge in [-0.05, 0) is 50.8 Å². The number of aromatic nitrogens is 6. The minimum atomic E-state index is 0. The Kier molecular flexibility index (Phi) is 12.1. The first-order valence-corrected chi connectivity index (χ1v) is 19.9. The minimum absolute atomic E-state index is 0. The van der Waals surface area contributed by atoms with E-state index in [9.17, 15) is 0 Å². The van der Waals surface area contributed by atoms with Gasteiger partial charge in [0.1, 0.15) is 11.4 Å². The van der Waals surface area contributed by atoms with Crippen LogP contribution in [0.1, 0.15) is 18.8 Å². The molecule has 0 unspecified atom stereocenters. The van der Waals surface area contributed by atoms with E-state index in [1.54, 1.807) is 0 Å². The molecule has 3 aromatic heterocycles. The second-order valence-electron chi connectivity index (χ2n) is 13.6. The Bertz CT molecular complexity index is 2800. The summed E-state index contributed by atoms with van der Waals surface area (Å²) in [5.74, 6) is 3.39. The molecule has 0 atom stereocenters. The second-order valence-corrected chi connectivity index (χ2v) is 14.4. The number of nitrogens with one attached hydrogen (secondary N) is 1. The molecule has 9 heteroatoms. The van der Waals surface area contributed by atoms with E-state index in [1.165, 1.54) is 0 Å². The van der Waals surface area contributed by atoms with Crippen molar-refractivity contribution >= 4 is 15.9 Å². The molecule has 8 nitrogen and oxygen atoms in total. The summed E-state index contributed by atoms with van der Waals surface area (Å²) in [5, 5.41) is 14.3. The third-order valence-corrected chi connectivity index (χ3v) is 10.4. The summed E-state index contributed by atoms with van der Waals surface area (Å²) in [5.41, 5.74) is 10.8. The molecule has 10 rings (SSSR count). The molecule has 0 aliphatic heterocycles. The Morgan fingerprint density at radius 3 is 1.42 bits per heavy atom. The minimum Gasteiger partial charge on any atom is -0.435 e. The molecule has 0 amide bonds. The molecular weight excluding hydrogens is 809 g/mol. The van der Waals surface area contributed by atoms with E-state index >= 15 is 0 Å². The number of rotatable bonds is 9. The van der Waals surface area contributed by atoms with E-state index in [-0.39, 0.29) is 7.43 Å². The lowest BCUT2D eigenvalue weighted by atomic mass is 9.97. The van der Waals surface area contributed by atoms with Gasteiger partial charge in [-0.3, -0.25) is 0 Å². The van der Waals surface area contributed by atoms with Gasteiger partial charge in [-0.15, -0.1) is 10.2 Å². The van der Waals surface area contributed by atoms with Crippen molar-refractivity contribution in [1.29, 1.82) is 0 Å². The SMILES string of the molecule is Brc1ccccc1-c1nc(-c2ccccc2)c(-c2ccccc2)o1.C.c1ccc(-c2nc(-c3ccccc3-c3cccc(Cc4nn[nH]n4)c3)oc2-c2ccccc2)cc1. The molecular formula is C51H39BrN6O2. The van der Waals surface area contributed by atoms with Crippen LogP contribution in [0, 0.1) is 0 Å². The maximum absolute atomic E-state index is 6.48. The number of tetrazole rings is 1. The molecule has 0 saturated heterocycles. The average molecular weight is 848 g/mol. The lowest BCUT2D eigenvalue weighted by Gasteiger charge is -2.08. The summed E-state index contributed by atoms with van der Waals surface area (Å²) in [4.78, 5) is 9.79. The van der Waals surface area contributed by atoms with Gasteiger partial charge in [-0.25, -0.2) is 9.97 Å². The maximum atomic E-state index is 6.48. The summed E-state index contributed by atoms with van der Waals surface area (Å²) < 4.78 is 13.6. The van der Waals surface area contributed by atoms with E-state index in [0.717, 1.165) is 77.5 Å². The van der Waals surface area contributed by atoms with Gasteiger partial charge >= 0.3 is 0 Å². The molecule has 0 fully saturated rings. The van der Waals surface area contributed by atoms with E-state index in [2.05, 4.69) is 79.0 Å². The van der Waals surface area contributed by atoms with Gasteiger partial charge in [0, 0.05) is 38.7 Å². The number of hydrogen-bond donors (Lipinski definition) is 1. The summed E-state index contributed by atoms with van der Waals surface area (Å²) in [6.45, 7) is 0.